The Hall–Kier alpha value is -1.88. The molecule has 0 unspecified atom stereocenters. The lowest BCUT2D eigenvalue weighted by molar-refractivity contribution is -0.145. The van der Waals surface area contributed by atoms with E-state index >= 15 is 0 Å². The van der Waals surface area contributed by atoms with Crippen LogP contribution < -0.4 is 14.9 Å². The van der Waals surface area contributed by atoms with E-state index in [0.29, 0.717) is 26.1 Å². The molecule has 0 aliphatic carbocycles. The molecule has 2 aromatic carbocycles. The van der Waals surface area contributed by atoms with Gasteiger partial charge in [0.15, 0.2) is 19.0 Å². The average Bonchev–Trinajstić information content (AvgIpc) is 3.33. The Bertz CT molecular complexity index is 978. The van der Waals surface area contributed by atoms with Crippen molar-refractivity contribution in [3.63, 3.8) is 0 Å². The molecule has 0 spiro atoms. The number of carbonyl (C=O) groups is 2. The van der Waals surface area contributed by atoms with Crippen LogP contribution in [0.2, 0.25) is 5.02 Å². The number of nitrogens with zero attached hydrogens (tertiary/aromatic N) is 1. The molecule has 0 saturated carbocycles. The van der Waals surface area contributed by atoms with E-state index in [1.54, 1.807) is 19.1 Å². The normalized spacial score (nSPS) is 13.8. The van der Waals surface area contributed by atoms with Crippen molar-refractivity contribution in [2.24, 2.45) is 5.10 Å². The van der Waals surface area contributed by atoms with Gasteiger partial charge in [0.1, 0.15) is 5.75 Å². The van der Waals surface area contributed by atoms with Crippen LogP contribution in [0.5, 0.6) is 11.5 Å². The van der Waals surface area contributed by atoms with Gasteiger partial charge in [-0.3, -0.25) is 4.79 Å². The number of rotatable bonds is 10. The zero-order valence-electron chi connectivity index (χ0n) is 17.7. The van der Waals surface area contributed by atoms with Crippen molar-refractivity contribution in [1.29, 1.82) is 0 Å². The van der Waals surface area contributed by atoms with Crippen LogP contribution in [0.4, 0.5) is 0 Å². The highest BCUT2D eigenvalue weighted by molar-refractivity contribution is 9.10. The minimum Gasteiger partial charge on any atom is -0.484 e. The highest BCUT2D eigenvalue weighted by atomic mass is 79.9. The molecule has 0 radical (unpaired) electrons. The summed E-state index contributed by atoms with van der Waals surface area (Å²) in [6.45, 7) is 1.58. The van der Waals surface area contributed by atoms with Crippen molar-refractivity contribution in [2.45, 2.75) is 11.5 Å². The Balaban J connectivity index is 1.46. The van der Waals surface area contributed by atoms with Crippen LogP contribution in [0.3, 0.4) is 0 Å². The third-order valence-electron chi connectivity index (χ3n) is 4.21. The molecule has 1 aliphatic rings. The fourth-order valence-electron chi connectivity index (χ4n) is 2.76. The first-order chi connectivity index (χ1) is 16.0. The molecule has 3 rings (SSSR count). The van der Waals surface area contributed by atoms with Gasteiger partial charge in [-0.15, -0.1) is 23.5 Å². The largest absolute Gasteiger partial charge is 0.484 e. The Kier molecular flexibility index (Phi) is 10.2. The van der Waals surface area contributed by atoms with Crippen LogP contribution in [0.15, 0.2) is 46.0 Å². The second-order valence-electron chi connectivity index (χ2n) is 6.63. The number of benzene rings is 2. The van der Waals surface area contributed by atoms with Crippen LogP contribution in [-0.4, -0.2) is 49.4 Å². The first kappa shape index (κ1) is 25.7. The molecule has 7 nitrogen and oxygen atoms in total. The summed E-state index contributed by atoms with van der Waals surface area (Å²) < 4.78 is 16.8. The number of carbonyl (C=O) groups excluding carboxylic acids is 2. The molecular weight excluding hydrogens is 552 g/mol. The lowest BCUT2D eigenvalue weighted by Gasteiger charge is -2.10. The fraction of sp³-hybridized carbons (Fsp3) is 0.318. The zero-order chi connectivity index (χ0) is 23.6. The molecule has 33 heavy (non-hydrogen) atoms. The molecule has 1 heterocycles. The number of ether oxygens (including phenoxy) is 3. The van der Waals surface area contributed by atoms with Crippen molar-refractivity contribution in [2.75, 3.05) is 31.3 Å². The van der Waals surface area contributed by atoms with Gasteiger partial charge in [-0.05, 0) is 58.2 Å². The lowest BCUT2D eigenvalue weighted by atomic mass is 10.2. The third kappa shape index (κ3) is 8.13. The van der Waals surface area contributed by atoms with Gasteiger partial charge in [-0.25, -0.2) is 10.2 Å². The van der Waals surface area contributed by atoms with E-state index in [4.69, 9.17) is 25.8 Å². The minimum absolute atomic E-state index is 0.158. The predicted molar refractivity (Wildman–Crippen MR) is 137 cm³/mol. The monoisotopic (exact) mass is 572 g/mol. The van der Waals surface area contributed by atoms with Crippen molar-refractivity contribution >= 4 is 69.1 Å². The second kappa shape index (κ2) is 13.1. The van der Waals surface area contributed by atoms with Gasteiger partial charge in [-0.1, -0.05) is 23.7 Å². The van der Waals surface area contributed by atoms with Gasteiger partial charge in [0, 0.05) is 11.5 Å². The first-order valence-electron chi connectivity index (χ1n) is 10.0. The van der Waals surface area contributed by atoms with E-state index in [2.05, 4.69) is 26.5 Å². The number of amides is 1. The Morgan fingerprint density at radius 2 is 1.91 bits per heavy atom. The SMILES string of the molecule is CCOC(=O)COc1c(Cl)cc(/C=N\NC(=O)COc2ccc(C3SCCS3)cc2)cc1Br. The van der Waals surface area contributed by atoms with Gasteiger partial charge < -0.3 is 14.2 Å². The smallest absolute Gasteiger partial charge is 0.344 e. The van der Waals surface area contributed by atoms with Crippen LogP contribution in [-0.2, 0) is 14.3 Å². The molecule has 1 fully saturated rings. The zero-order valence-corrected chi connectivity index (χ0v) is 21.7. The number of hydrogen-bond donors (Lipinski definition) is 1. The van der Waals surface area contributed by atoms with E-state index in [1.165, 1.54) is 23.3 Å². The summed E-state index contributed by atoms with van der Waals surface area (Å²) in [6, 6.07) is 11.1. The Labute approximate surface area is 214 Å². The van der Waals surface area contributed by atoms with Crippen molar-refractivity contribution < 1.29 is 23.8 Å². The average molecular weight is 574 g/mol. The van der Waals surface area contributed by atoms with Crippen molar-refractivity contribution in [3.8, 4) is 11.5 Å². The van der Waals surface area contributed by atoms with Gasteiger partial charge in [0.05, 0.1) is 26.9 Å². The first-order valence-corrected chi connectivity index (χ1v) is 13.3. The molecule has 0 atom stereocenters. The summed E-state index contributed by atoms with van der Waals surface area (Å²) in [5.74, 6) is 2.40. The molecule has 1 amide bonds. The van der Waals surface area contributed by atoms with Crippen molar-refractivity contribution in [1.82, 2.24) is 5.43 Å². The molecule has 2 aromatic rings. The summed E-state index contributed by atoms with van der Waals surface area (Å²) in [7, 11) is 0. The highest BCUT2D eigenvalue weighted by Gasteiger charge is 2.18. The molecular formula is C22H22BrClN2O5S2. The number of halogens is 2. The van der Waals surface area contributed by atoms with E-state index in [-0.39, 0.29) is 24.8 Å². The number of hydrogen-bond acceptors (Lipinski definition) is 8. The number of esters is 1. The van der Waals surface area contributed by atoms with Crippen molar-refractivity contribution in [3.05, 3.63) is 57.0 Å². The van der Waals surface area contributed by atoms with Crippen LogP contribution >= 0.6 is 51.1 Å². The van der Waals surface area contributed by atoms with E-state index in [1.807, 2.05) is 47.8 Å². The Morgan fingerprint density at radius 1 is 1.18 bits per heavy atom. The molecule has 0 aromatic heterocycles. The summed E-state index contributed by atoms with van der Waals surface area (Å²) in [5, 5.41) is 4.21. The third-order valence-corrected chi connectivity index (χ3v) is 8.18. The van der Waals surface area contributed by atoms with Gasteiger partial charge >= 0.3 is 5.97 Å². The second-order valence-corrected chi connectivity index (χ2v) is 10.6. The maximum Gasteiger partial charge on any atom is 0.344 e. The number of nitrogens with one attached hydrogen (secondary N) is 1. The van der Waals surface area contributed by atoms with Crippen LogP contribution in [0.25, 0.3) is 0 Å². The number of hydrazone groups is 1. The van der Waals surface area contributed by atoms with Gasteiger partial charge in [0.25, 0.3) is 5.91 Å². The molecule has 1 saturated heterocycles. The van der Waals surface area contributed by atoms with E-state index in [0.717, 1.165) is 0 Å². The van der Waals surface area contributed by atoms with Crippen LogP contribution in [0.1, 0.15) is 22.6 Å². The molecule has 0 bridgehead atoms. The summed E-state index contributed by atoms with van der Waals surface area (Å²) in [5.41, 5.74) is 4.29. The summed E-state index contributed by atoms with van der Waals surface area (Å²) in [4.78, 5) is 23.5. The lowest BCUT2D eigenvalue weighted by Crippen LogP contribution is -2.24. The maximum absolute atomic E-state index is 12.0. The molecule has 176 valence electrons. The fourth-order valence-corrected chi connectivity index (χ4v) is 6.61. The summed E-state index contributed by atoms with van der Waals surface area (Å²) in [6.07, 6.45) is 1.44. The van der Waals surface area contributed by atoms with E-state index < -0.39 is 11.9 Å². The predicted octanol–water partition coefficient (Wildman–Crippen LogP) is 5.05. The number of thioether (sulfide) groups is 2. The quantitative estimate of drug-likeness (QED) is 0.242. The highest BCUT2D eigenvalue weighted by Crippen LogP contribution is 2.45. The van der Waals surface area contributed by atoms with E-state index in [9.17, 15) is 9.59 Å². The van der Waals surface area contributed by atoms with Crippen LogP contribution in [0, 0.1) is 0 Å². The topological polar surface area (TPSA) is 86.2 Å². The van der Waals surface area contributed by atoms with Gasteiger partial charge in [-0.2, -0.15) is 5.10 Å². The maximum atomic E-state index is 12.0. The summed E-state index contributed by atoms with van der Waals surface area (Å²) >= 11 is 13.5. The van der Waals surface area contributed by atoms with Gasteiger partial charge in [0.2, 0.25) is 0 Å². The molecule has 11 heteroatoms. The Morgan fingerprint density at radius 3 is 2.58 bits per heavy atom. The minimum atomic E-state index is -0.487. The molecule has 1 N–H and O–H groups in total. The standard InChI is InChI=1S/C22H22BrClN2O5S2/c1-2-29-20(28)13-31-21-17(23)9-14(10-18(21)24)11-25-26-19(27)12-30-16-5-3-15(4-6-16)22-32-7-8-33-22/h3-6,9-11,22H,2,7-8,12-13H2,1H3,(H,26,27)/b25-11-. The molecule has 1 aliphatic heterocycles.